The first-order chi connectivity index (χ1) is 17.1. The molecule has 4 rings (SSSR count). The number of nitrogens with two attached hydrogens (primary N) is 1. The van der Waals surface area contributed by atoms with Crippen LogP contribution in [0.4, 0.5) is 17.8 Å². The average Bonchev–Trinajstić information content (AvgIpc) is 3.25. The zero-order valence-electron chi connectivity index (χ0n) is 21.1. The van der Waals surface area contributed by atoms with Gasteiger partial charge in [-0.1, -0.05) is 50.3 Å². The molecule has 1 aliphatic carbocycles. The summed E-state index contributed by atoms with van der Waals surface area (Å²) in [5, 5.41) is 7.70. The van der Waals surface area contributed by atoms with E-state index in [9.17, 15) is 0 Å². The fourth-order valence-corrected chi connectivity index (χ4v) is 5.87. The van der Waals surface area contributed by atoms with E-state index in [1.807, 2.05) is 18.2 Å². The topological polar surface area (TPSA) is 101 Å². The third-order valence-corrected chi connectivity index (χ3v) is 7.64. The van der Waals surface area contributed by atoms with Crippen molar-refractivity contribution in [2.24, 2.45) is 0 Å². The number of hydrogen-bond donors (Lipinski definition) is 3. The Kier molecular flexibility index (Phi) is 9.26. The summed E-state index contributed by atoms with van der Waals surface area (Å²) in [6, 6.07) is 7.08. The summed E-state index contributed by atoms with van der Waals surface area (Å²) < 4.78 is 5.25. The minimum atomic E-state index is 0.262. The van der Waals surface area contributed by atoms with Crippen LogP contribution in [0.1, 0.15) is 70.3 Å². The highest BCUT2D eigenvalue weighted by atomic mass is 35.5. The largest absolute Gasteiger partial charge is 0.495 e. The van der Waals surface area contributed by atoms with Gasteiger partial charge in [0.15, 0.2) is 0 Å². The number of methoxy groups -OCH3 is 1. The quantitative estimate of drug-likeness (QED) is 0.398. The Morgan fingerprint density at radius 3 is 2.60 bits per heavy atom. The van der Waals surface area contributed by atoms with Crippen LogP contribution in [0.25, 0.3) is 0 Å². The van der Waals surface area contributed by atoms with Crippen LogP contribution in [0.15, 0.2) is 18.2 Å². The van der Waals surface area contributed by atoms with Gasteiger partial charge in [-0.05, 0) is 62.8 Å². The van der Waals surface area contributed by atoms with E-state index in [1.165, 1.54) is 51.4 Å². The first kappa shape index (κ1) is 25.8. The summed E-state index contributed by atoms with van der Waals surface area (Å²) in [6.07, 6.45) is 11.7. The molecule has 1 saturated heterocycles. The van der Waals surface area contributed by atoms with Crippen LogP contribution >= 0.6 is 11.6 Å². The molecular weight excluding hydrogens is 462 g/mol. The lowest BCUT2D eigenvalue weighted by atomic mass is 9.97. The molecule has 9 heteroatoms. The Morgan fingerprint density at radius 1 is 1.14 bits per heavy atom. The Labute approximate surface area is 214 Å². The summed E-state index contributed by atoms with van der Waals surface area (Å²) in [7, 11) is 1.62. The normalized spacial score (nSPS) is 19.8. The van der Waals surface area contributed by atoms with Crippen molar-refractivity contribution >= 4 is 29.4 Å². The molecule has 4 N–H and O–H groups in total. The van der Waals surface area contributed by atoms with Crippen molar-refractivity contribution in [1.82, 2.24) is 20.3 Å². The molecule has 2 fully saturated rings. The van der Waals surface area contributed by atoms with Crippen molar-refractivity contribution in [3.05, 3.63) is 28.8 Å². The number of hydrogen-bond acceptors (Lipinski definition) is 8. The maximum Gasteiger partial charge on any atom is 0.232 e. The molecule has 0 radical (unpaired) electrons. The number of halogens is 1. The summed E-state index contributed by atoms with van der Waals surface area (Å²) in [4.78, 5) is 16.4. The molecule has 2 aromatic rings. The molecule has 1 aromatic heterocycles. The van der Waals surface area contributed by atoms with Gasteiger partial charge in [0.1, 0.15) is 5.75 Å². The van der Waals surface area contributed by atoms with E-state index in [4.69, 9.17) is 27.1 Å². The van der Waals surface area contributed by atoms with E-state index in [-0.39, 0.29) is 5.95 Å². The number of benzene rings is 1. The number of rotatable bonds is 10. The maximum atomic E-state index is 6.28. The van der Waals surface area contributed by atoms with Gasteiger partial charge in [0.05, 0.1) is 12.1 Å². The van der Waals surface area contributed by atoms with E-state index < -0.39 is 0 Å². The molecule has 1 saturated carbocycles. The molecule has 192 valence electrons. The Hall–Kier alpha value is -2.32. The number of ether oxygens (including phenoxy) is 1. The highest BCUT2D eigenvalue weighted by molar-refractivity contribution is 6.32. The third-order valence-electron chi connectivity index (χ3n) is 7.34. The van der Waals surface area contributed by atoms with Crippen LogP contribution in [-0.2, 0) is 6.42 Å². The van der Waals surface area contributed by atoms with E-state index in [0.29, 0.717) is 47.3 Å². The van der Waals surface area contributed by atoms with Crippen LogP contribution in [0, 0.1) is 0 Å². The molecule has 2 heterocycles. The predicted octanol–water partition coefficient (Wildman–Crippen LogP) is 4.83. The average molecular weight is 502 g/mol. The van der Waals surface area contributed by atoms with Crippen molar-refractivity contribution in [2.75, 3.05) is 36.1 Å². The van der Waals surface area contributed by atoms with E-state index >= 15 is 0 Å². The second-order valence-corrected chi connectivity index (χ2v) is 10.1. The highest BCUT2D eigenvalue weighted by Crippen LogP contribution is 2.31. The first-order valence-corrected chi connectivity index (χ1v) is 13.6. The van der Waals surface area contributed by atoms with Crippen molar-refractivity contribution in [2.45, 2.75) is 89.3 Å². The molecule has 1 aromatic carbocycles. The number of nitrogens with one attached hydrogen (secondary N) is 2. The summed E-state index contributed by atoms with van der Waals surface area (Å²) in [6.45, 7) is 4.02. The van der Waals surface area contributed by atoms with Gasteiger partial charge >= 0.3 is 0 Å². The lowest BCUT2D eigenvalue weighted by Crippen LogP contribution is -2.52. The van der Waals surface area contributed by atoms with Gasteiger partial charge in [-0.25, -0.2) is 0 Å². The van der Waals surface area contributed by atoms with E-state index in [2.05, 4.69) is 32.4 Å². The molecule has 35 heavy (non-hydrogen) atoms. The van der Waals surface area contributed by atoms with Crippen molar-refractivity contribution in [3.8, 4) is 5.75 Å². The van der Waals surface area contributed by atoms with Crippen LogP contribution < -0.4 is 26.0 Å². The molecule has 0 bridgehead atoms. The molecule has 1 aliphatic heterocycles. The molecule has 0 amide bonds. The molecule has 2 unspecified atom stereocenters. The van der Waals surface area contributed by atoms with Crippen molar-refractivity contribution < 1.29 is 4.74 Å². The van der Waals surface area contributed by atoms with Crippen LogP contribution in [-0.4, -0.2) is 53.3 Å². The fraction of sp³-hybridized carbons (Fsp3) is 0.654. The molecular formula is C26H40ClN7O. The molecule has 0 spiro atoms. The minimum Gasteiger partial charge on any atom is -0.495 e. The number of nitrogen functional groups attached to an aromatic ring is 1. The number of anilines is 3. The maximum absolute atomic E-state index is 6.28. The zero-order valence-corrected chi connectivity index (χ0v) is 21.9. The van der Waals surface area contributed by atoms with Crippen molar-refractivity contribution in [3.63, 3.8) is 0 Å². The molecule has 8 nitrogen and oxygen atoms in total. The van der Waals surface area contributed by atoms with E-state index in [0.717, 1.165) is 24.9 Å². The second kappa shape index (κ2) is 12.6. The summed E-state index contributed by atoms with van der Waals surface area (Å²) in [5.74, 6) is 2.18. The van der Waals surface area contributed by atoms with Gasteiger partial charge in [0.2, 0.25) is 17.8 Å². The minimum absolute atomic E-state index is 0.262. The molecule has 2 aliphatic rings. The van der Waals surface area contributed by atoms with Gasteiger partial charge in [-0.15, -0.1) is 0 Å². The molecule has 2 atom stereocenters. The monoisotopic (exact) mass is 501 g/mol. The van der Waals surface area contributed by atoms with E-state index in [1.54, 1.807) is 7.11 Å². The van der Waals surface area contributed by atoms with Crippen LogP contribution in [0.3, 0.4) is 0 Å². The second-order valence-electron chi connectivity index (χ2n) is 9.69. The SMILES string of the molecule is CCC(C1CCCN1)N(c1nc(N)nc(NCCc2ccc(OC)c(Cl)c2)n1)C1CCCCCC1. The first-order valence-electron chi connectivity index (χ1n) is 13.2. The summed E-state index contributed by atoms with van der Waals surface area (Å²) in [5.41, 5.74) is 7.33. The van der Waals surface area contributed by atoms with Gasteiger partial charge in [0.25, 0.3) is 0 Å². The third kappa shape index (κ3) is 6.67. The predicted molar refractivity (Wildman–Crippen MR) is 144 cm³/mol. The Morgan fingerprint density at radius 2 is 1.94 bits per heavy atom. The smallest absolute Gasteiger partial charge is 0.232 e. The van der Waals surface area contributed by atoms with Crippen LogP contribution in [0.5, 0.6) is 5.75 Å². The zero-order chi connectivity index (χ0) is 24.6. The Bertz CT molecular complexity index is 945. The van der Waals surface area contributed by atoms with Gasteiger partial charge in [0, 0.05) is 24.7 Å². The van der Waals surface area contributed by atoms with Crippen LogP contribution in [0.2, 0.25) is 5.02 Å². The number of nitrogens with zero attached hydrogens (tertiary/aromatic N) is 4. The van der Waals surface area contributed by atoms with Gasteiger partial charge in [-0.2, -0.15) is 15.0 Å². The van der Waals surface area contributed by atoms with Gasteiger partial charge < -0.3 is 26.0 Å². The van der Waals surface area contributed by atoms with Crippen molar-refractivity contribution in [1.29, 1.82) is 0 Å². The lowest BCUT2D eigenvalue weighted by Gasteiger charge is -2.40. The number of aromatic nitrogens is 3. The fourth-order valence-electron chi connectivity index (χ4n) is 5.59. The van der Waals surface area contributed by atoms with Gasteiger partial charge in [-0.3, -0.25) is 0 Å². The Balaban J connectivity index is 1.53. The standard InChI is InChI=1S/C26H40ClN7O/c1-3-22(21-11-8-15-29-21)34(19-9-6-4-5-7-10-19)26-32-24(28)31-25(33-26)30-16-14-18-12-13-23(35-2)20(27)17-18/h12-13,17,19,21-22,29H,3-11,14-16H2,1-2H3,(H3,28,30,31,32,33). The lowest BCUT2D eigenvalue weighted by molar-refractivity contribution is 0.380. The highest BCUT2D eigenvalue weighted by Gasteiger charge is 2.35. The summed E-state index contributed by atoms with van der Waals surface area (Å²) >= 11 is 6.28.